The van der Waals surface area contributed by atoms with Gasteiger partial charge in [-0.1, -0.05) is 0 Å². The molecule has 4 heteroatoms. The van der Waals surface area contributed by atoms with Gasteiger partial charge in [-0.15, -0.1) is 0 Å². The summed E-state index contributed by atoms with van der Waals surface area (Å²) in [5.41, 5.74) is 9.84. The number of rotatable bonds is 2. The van der Waals surface area contributed by atoms with Crippen molar-refractivity contribution in [2.45, 2.75) is 26.8 Å². The summed E-state index contributed by atoms with van der Waals surface area (Å²) >= 11 is 0. The van der Waals surface area contributed by atoms with E-state index in [-0.39, 0.29) is 6.04 Å². The van der Waals surface area contributed by atoms with Gasteiger partial charge in [0.1, 0.15) is 0 Å². The van der Waals surface area contributed by atoms with Crippen LogP contribution in [0.3, 0.4) is 0 Å². The van der Waals surface area contributed by atoms with Crippen molar-refractivity contribution in [3.05, 3.63) is 41.5 Å². The SMILES string of the molecule is Cc1cnccc1-c1ncc(C(C)N)c(C)n1. The van der Waals surface area contributed by atoms with Crippen LogP contribution in [0, 0.1) is 13.8 Å². The lowest BCUT2D eigenvalue weighted by atomic mass is 10.1. The van der Waals surface area contributed by atoms with Crippen molar-refractivity contribution in [3.63, 3.8) is 0 Å². The summed E-state index contributed by atoms with van der Waals surface area (Å²) in [5.74, 6) is 0.729. The molecule has 2 aromatic heterocycles. The van der Waals surface area contributed by atoms with Crippen LogP contribution in [0.4, 0.5) is 0 Å². The van der Waals surface area contributed by atoms with Gasteiger partial charge in [0.15, 0.2) is 5.82 Å². The van der Waals surface area contributed by atoms with Crippen molar-refractivity contribution in [1.29, 1.82) is 0 Å². The van der Waals surface area contributed by atoms with Crippen LogP contribution in [-0.2, 0) is 0 Å². The van der Waals surface area contributed by atoms with Gasteiger partial charge in [0, 0.05) is 41.5 Å². The zero-order chi connectivity index (χ0) is 12.4. The highest BCUT2D eigenvalue weighted by Gasteiger charge is 2.09. The van der Waals surface area contributed by atoms with Gasteiger partial charge in [0.25, 0.3) is 0 Å². The minimum absolute atomic E-state index is 0.0393. The third-order valence-corrected chi connectivity index (χ3v) is 2.77. The van der Waals surface area contributed by atoms with Crippen molar-refractivity contribution in [2.24, 2.45) is 5.73 Å². The van der Waals surface area contributed by atoms with E-state index < -0.39 is 0 Å². The maximum Gasteiger partial charge on any atom is 0.159 e. The highest BCUT2D eigenvalue weighted by molar-refractivity contribution is 5.58. The Hall–Kier alpha value is -1.81. The average molecular weight is 228 g/mol. The zero-order valence-corrected chi connectivity index (χ0v) is 10.3. The highest BCUT2D eigenvalue weighted by Crippen LogP contribution is 2.20. The lowest BCUT2D eigenvalue weighted by Crippen LogP contribution is -2.09. The third kappa shape index (κ3) is 2.31. The molecule has 0 saturated heterocycles. The smallest absolute Gasteiger partial charge is 0.159 e. The Bertz CT molecular complexity index is 535. The topological polar surface area (TPSA) is 64.7 Å². The molecular weight excluding hydrogens is 212 g/mol. The number of aryl methyl sites for hydroxylation is 2. The van der Waals surface area contributed by atoms with Crippen molar-refractivity contribution >= 4 is 0 Å². The molecule has 0 saturated carbocycles. The summed E-state index contributed by atoms with van der Waals surface area (Å²) in [6, 6.07) is 1.89. The maximum atomic E-state index is 5.84. The van der Waals surface area contributed by atoms with Crippen molar-refractivity contribution in [1.82, 2.24) is 15.0 Å². The molecule has 0 aliphatic carbocycles. The molecule has 1 atom stereocenters. The van der Waals surface area contributed by atoms with Crippen LogP contribution < -0.4 is 5.73 Å². The summed E-state index contributed by atoms with van der Waals surface area (Å²) in [4.78, 5) is 12.9. The number of pyridine rings is 1. The van der Waals surface area contributed by atoms with E-state index in [1.165, 1.54) is 0 Å². The number of aromatic nitrogens is 3. The molecular formula is C13H16N4. The average Bonchev–Trinajstić information content (AvgIpc) is 2.29. The second kappa shape index (κ2) is 4.59. The molecule has 2 rings (SSSR count). The van der Waals surface area contributed by atoms with E-state index in [9.17, 15) is 0 Å². The first-order valence-corrected chi connectivity index (χ1v) is 5.59. The van der Waals surface area contributed by atoms with E-state index in [2.05, 4.69) is 15.0 Å². The Morgan fingerprint density at radius 1 is 1.24 bits per heavy atom. The van der Waals surface area contributed by atoms with E-state index in [0.717, 1.165) is 28.2 Å². The second-order valence-electron chi connectivity index (χ2n) is 4.21. The van der Waals surface area contributed by atoms with Crippen molar-refractivity contribution < 1.29 is 0 Å². The summed E-state index contributed by atoms with van der Waals surface area (Å²) in [7, 11) is 0. The van der Waals surface area contributed by atoms with Crippen molar-refractivity contribution in [2.75, 3.05) is 0 Å². The van der Waals surface area contributed by atoms with Crippen LogP contribution in [-0.4, -0.2) is 15.0 Å². The van der Waals surface area contributed by atoms with E-state index in [1.54, 1.807) is 6.20 Å². The predicted molar refractivity (Wildman–Crippen MR) is 67.3 cm³/mol. The fourth-order valence-corrected chi connectivity index (χ4v) is 1.78. The first-order chi connectivity index (χ1) is 8.09. The van der Waals surface area contributed by atoms with Crippen LogP contribution in [0.15, 0.2) is 24.7 Å². The van der Waals surface area contributed by atoms with E-state index in [0.29, 0.717) is 0 Å². The predicted octanol–water partition coefficient (Wildman–Crippen LogP) is 2.18. The van der Waals surface area contributed by atoms with Crippen LogP contribution in [0.25, 0.3) is 11.4 Å². The fourth-order valence-electron chi connectivity index (χ4n) is 1.78. The van der Waals surface area contributed by atoms with Crippen molar-refractivity contribution in [3.8, 4) is 11.4 Å². The number of nitrogens with two attached hydrogens (primary N) is 1. The number of nitrogens with zero attached hydrogens (tertiary/aromatic N) is 3. The quantitative estimate of drug-likeness (QED) is 0.855. The monoisotopic (exact) mass is 228 g/mol. The van der Waals surface area contributed by atoms with Gasteiger partial charge in [-0.2, -0.15) is 0 Å². The molecule has 0 amide bonds. The lowest BCUT2D eigenvalue weighted by Gasteiger charge is -2.10. The van der Waals surface area contributed by atoms with Crippen LogP contribution in [0.2, 0.25) is 0 Å². The molecule has 0 bridgehead atoms. The number of hydrogen-bond acceptors (Lipinski definition) is 4. The molecule has 88 valence electrons. The molecule has 0 aliphatic heterocycles. The largest absolute Gasteiger partial charge is 0.324 e. The summed E-state index contributed by atoms with van der Waals surface area (Å²) < 4.78 is 0. The minimum atomic E-state index is -0.0393. The lowest BCUT2D eigenvalue weighted by molar-refractivity contribution is 0.790. The van der Waals surface area contributed by atoms with Gasteiger partial charge < -0.3 is 5.73 Å². The molecule has 0 spiro atoms. The Labute approximate surface area is 101 Å². The molecule has 2 aromatic rings. The van der Waals surface area contributed by atoms with Gasteiger partial charge in [-0.05, 0) is 32.4 Å². The first kappa shape index (κ1) is 11.7. The molecule has 0 fully saturated rings. The van der Waals surface area contributed by atoms with Gasteiger partial charge in [-0.25, -0.2) is 9.97 Å². The van der Waals surface area contributed by atoms with Gasteiger partial charge in [0.05, 0.1) is 0 Å². The van der Waals surface area contributed by atoms with Crippen LogP contribution in [0.1, 0.15) is 29.8 Å². The highest BCUT2D eigenvalue weighted by atomic mass is 14.9. The summed E-state index contributed by atoms with van der Waals surface area (Å²) in [5, 5.41) is 0. The molecule has 0 aliphatic rings. The van der Waals surface area contributed by atoms with Crippen LogP contribution in [0.5, 0.6) is 0 Å². The Morgan fingerprint density at radius 2 is 2.00 bits per heavy atom. The zero-order valence-electron chi connectivity index (χ0n) is 10.3. The Kier molecular flexibility index (Phi) is 3.15. The summed E-state index contributed by atoms with van der Waals surface area (Å²) in [6.45, 7) is 5.89. The fraction of sp³-hybridized carbons (Fsp3) is 0.308. The Balaban J connectivity index is 2.49. The third-order valence-electron chi connectivity index (χ3n) is 2.77. The van der Waals surface area contributed by atoms with E-state index in [4.69, 9.17) is 5.73 Å². The Morgan fingerprint density at radius 3 is 2.59 bits per heavy atom. The second-order valence-corrected chi connectivity index (χ2v) is 4.21. The standard InChI is InChI=1S/C13H16N4/c1-8-6-15-5-4-11(8)13-16-7-12(9(2)14)10(3)17-13/h4-7,9H,14H2,1-3H3. The van der Waals surface area contributed by atoms with Gasteiger partial charge in [0.2, 0.25) is 0 Å². The van der Waals surface area contributed by atoms with E-state index >= 15 is 0 Å². The maximum absolute atomic E-state index is 5.84. The molecule has 1 unspecified atom stereocenters. The molecule has 2 heterocycles. The normalized spacial score (nSPS) is 12.5. The van der Waals surface area contributed by atoms with Gasteiger partial charge >= 0.3 is 0 Å². The minimum Gasteiger partial charge on any atom is -0.324 e. The molecule has 2 N–H and O–H groups in total. The van der Waals surface area contributed by atoms with E-state index in [1.807, 2.05) is 39.2 Å². The molecule has 17 heavy (non-hydrogen) atoms. The molecule has 0 aromatic carbocycles. The van der Waals surface area contributed by atoms with Gasteiger partial charge in [-0.3, -0.25) is 4.98 Å². The summed E-state index contributed by atoms with van der Waals surface area (Å²) in [6.07, 6.45) is 5.37. The number of hydrogen-bond donors (Lipinski definition) is 1. The first-order valence-electron chi connectivity index (χ1n) is 5.59. The van der Waals surface area contributed by atoms with Crippen LogP contribution >= 0.6 is 0 Å². The molecule has 4 nitrogen and oxygen atoms in total. The molecule has 0 radical (unpaired) electrons.